The summed E-state index contributed by atoms with van der Waals surface area (Å²) in [7, 11) is 2.88. The van der Waals surface area contributed by atoms with E-state index >= 15 is 0 Å². The van der Waals surface area contributed by atoms with E-state index in [1.54, 1.807) is 14.0 Å². The van der Waals surface area contributed by atoms with Crippen molar-refractivity contribution < 1.29 is 23.8 Å². The van der Waals surface area contributed by atoms with Crippen LogP contribution in [0.5, 0.6) is 0 Å². The Balaban J connectivity index is 3.18. The Morgan fingerprint density at radius 3 is 2.29 bits per heavy atom. The van der Waals surface area contributed by atoms with Gasteiger partial charge in [-0.2, -0.15) is 0 Å². The van der Waals surface area contributed by atoms with Crippen LogP contribution in [-0.2, 0) is 23.8 Å². The smallest absolute Gasteiger partial charge is 0.328 e. The molecule has 0 aliphatic heterocycles. The van der Waals surface area contributed by atoms with Crippen LogP contribution in [0.1, 0.15) is 23.6 Å². The highest BCUT2D eigenvalue weighted by Crippen LogP contribution is 2.29. The molecule has 1 unspecified atom stereocenters. The number of nitrogens with zero attached hydrogens (tertiary/aromatic N) is 1. The van der Waals surface area contributed by atoms with Gasteiger partial charge in [0.15, 0.2) is 0 Å². The maximum atomic E-state index is 12.7. The highest BCUT2D eigenvalue weighted by molar-refractivity contribution is 6.01. The molecule has 6 nitrogen and oxygen atoms in total. The lowest BCUT2D eigenvalue weighted by molar-refractivity contribution is -0.143. The summed E-state index contributed by atoms with van der Waals surface area (Å²) in [4.78, 5) is 26.2. The van der Waals surface area contributed by atoms with Gasteiger partial charge in [-0.1, -0.05) is 12.1 Å². The van der Waals surface area contributed by atoms with Crippen LogP contribution in [0.4, 0.5) is 5.69 Å². The minimum Gasteiger partial charge on any atom is -0.467 e. The number of hydrogen-bond donors (Lipinski definition) is 0. The van der Waals surface area contributed by atoms with E-state index < -0.39 is 12.0 Å². The van der Waals surface area contributed by atoms with Crippen LogP contribution >= 0.6 is 0 Å². The van der Waals surface area contributed by atoms with Crippen molar-refractivity contribution in [2.75, 3.05) is 38.9 Å². The quantitative estimate of drug-likeness (QED) is 0.537. The number of hydrogen-bond acceptors (Lipinski definition) is 5. The fourth-order valence-corrected chi connectivity index (χ4v) is 2.49. The summed E-state index contributed by atoms with van der Waals surface area (Å²) >= 11 is 0. The number of carbonyl (C=O) groups is 2. The molecule has 1 amide bonds. The minimum atomic E-state index is -0.743. The molecule has 1 rings (SSSR count). The van der Waals surface area contributed by atoms with Crippen molar-refractivity contribution in [3.8, 4) is 0 Å². The second kappa shape index (κ2) is 9.39. The maximum Gasteiger partial charge on any atom is 0.328 e. The molecule has 0 aliphatic rings. The SMILES string of the molecule is COCCOCC(=O)N(c1c(C)ccc(C)c1C)C(C)C(=O)OC. The number of rotatable bonds is 8. The number of esters is 1. The third-order valence-electron chi connectivity index (χ3n) is 4.00. The molecule has 0 radical (unpaired) electrons. The van der Waals surface area contributed by atoms with Gasteiger partial charge in [-0.3, -0.25) is 9.69 Å². The molecule has 0 bridgehead atoms. The van der Waals surface area contributed by atoms with Crippen LogP contribution in [0, 0.1) is 20.8 Å². The van der Waals surface area contributed by atoms with Crippen LogP contribution in [0.15, 0.2) is 12.1 Å². The van der Waals surface area contributed by atoms with E-state index in [4.69, 9.17) is 14.2 Å². The molecule has 0 saturated carbocycles. The van der Waals surface area contributed by atoms with E-state index in [9.17, 15) is 9.59 Å². The van der Waals surface area contributed by atoms with Gasteiger partial charge < -0.3 is 14.2 Å². The van der Waals surface area contributed by atoms with E-state index in [2.05, 4.69) is 0 Å². The van der Waals surface area contributed by atoms with Gasteiger partial charge in [0, 0.05) is 7.11 Å². The summed E-state index contributed by atoms with van der Waals surface area (Å²) in [6, 6.07) is 3.19. The molecular weight excluding hydrogens is 310 g/mol. The van der Waals surface area contributed by atoms with Gasteiger partial charge in [0.05, 0.1) is 26.0 Å². The summed E-state index contributed by atoms with van der Waals surface area (Å²) in [5.74, 6) is -0.763. The number of carbonyl (C=O) groups excluding carboxylic acids is 2. The second-order valence-electron chi connectivity index (χ2n) is 5.68. The van der Waals surface area contributed by atoms with Crippen molar-refractivity contribution >= 4 is 17.6 Å². The standard InChI is InChI=1S/C18H27NO5/c1-12-7-8-13(2)17(14(12)3)19(15(4)18(21)23-6)16(20)11-24-10-9-22-5/h7-8,15H,9-11H2,1-6H3. The van der Waals surface area contributed by atoms with Crippen molar-refractivity contribution in [2.45, 2.75) is 33.7 Å². The molecule has 1 aromatic rings. The molecular formula is C18H27NO5. The summed E-state index contributed by atoms with van der Waals surface area (Å²) < 4.78 is 15.1. The summed E-state index contributed by atoms with van der Waals surface area (Å²) in [5.41, 5.74) is 3.65. The Hall–Kier alpha value is -1.92. The predicted octanol–water partition coefficient (Wildman–Crippen LogP) is 2.17. The highest BCUT2D eigenvalue weighted by Gasteiger charge is 2.30. The molecule has 0 N–H and O–H groups in total. The van der Waals surface area contributed by atoms with Crippen molar-refractivity contribution in [3.05, 3.63) is 28.8 Å². The van der Waals surface area contributed by atoms with E-state index in [0.717, 1.165) is 22.4 Å². The zero-order chi connectivity index (χ0) is 18.3. The molecule has 1 aromatic carbocycles. The van der Waals surface area contributed by atoms with E-state index in [1.165, 1.54) is 12.0 Å². The van der Waals surface area contributed by atoms with Crippen LogP contribution in [0.3, 0.4) is 0 Å². The number of anilines is 1. The third-order valence-corrected chi connectivity index (χ3v) is 4.00. The zero-order valence-corrected chi connectivity index (χ0v) is 15.3. The molecule has 24 heavy (non-hydrogen) atoms. The first kappa shape index (κ1) is 20.1. The highest BCUT2D eigenvalue weighted by atomic mass is 16.5. The summed E-state index contributed by atoms with van der Waals surface area (Å²) in [6.45, 7) is 8.07. The predicted molar refractivity (Wildman–Crippen MR) is 92.3 cm³/mol. The average Bonchev–Trinajstić information content (AvgIpc) is 2.57. The van der Waals surface area contributed by atoms with Gasteiger partial charge in [0.2, 0.25) is 0 Å². The van der Waals surface area contributed by atoms with Crippen molar-refractivity contribution in [3.63, 3.8) is 0 Å². The fourth-order valence-electron chi connectivity index (χ4n) is 2.49. The first-order chi connectivity index (χ1) is 11.3. The second-order valence-corrected chi connectivity index (χ2v) is 5.68. The molecule has 134 valence electrons. The van der Waals surface area contributed by atoms with Crippen molar-refractivity contribution in [1.29, 1.82) is 0 Å². The summed E-state index contributed by atoms with van der Waals surface area (Å²) in [5, 5.41) is 0. The molecule has 1 atom stereocenters. The van der Waals surface area contributed by atoms with E-state index in [-0.39, 0.29) is 12.5 Å². The average molecular weight is 337 g/mol. The van der Waals surface area contributed by atoms with Gasteiger partial charge in [0.1, 0.15) is 12.6 Å². The van der Waals surface area contributed by atoms with Gasteiger partial charge in [0.25, 0.3) is 5.91 Å². The van der Waals surface area contributed by atoms with Gasteiger partial charge in [-0.25, -0.2) is 4.79 Å². The third kappa shape index (κ3) is 4.79. The number of aryl methyl sites for hydroxylation is 2. The van der Waals surface area contributed by atoms with Crippen LogP contribution in [-0.4, -0.2) is 52.0 Å². The maximum absolute atomic E-state index is 12.7. The lowest BCUT2D eigenvalue weighted by atomic mass is 10.0. The van der Waals surface area contributed by atoms with E-state index in [1.807, 2.05) is 32.9 Å². The van der Waals surface area contributed by atoms with Crippen LogP contribution in [0.25, 0.3) is 0 Å². The molecule has 0 spiro atoms. The lowest BCUT2D eigenvalue weighted by Crippen LogP contribution is -2.46. The number of benzene rings is 1. The van der Waals surface area contributed by atoms with E-state index in [0.29, 0.717) is 13.2 Å². The zero-order valence-electron chi connectivity index (χ0n) is 15.3. The molecule has 0 fully saturated rings. The number of ether oxygens (including phenoxy) is 3. The molecule has 0 aliphatic carbocycles. The van der Waals surface area contributed by atoms with Crippen LogP contribution in [0.2, 0.25) is 0 Å². The Kier molecular flexibility index (Phi) is 7.88. The van der Waals surface area contributed by atoms with Gasteiger partial charge in [-0.15, -0.1) is 0 Å². The lowest BCUT2D eigenvalue weighted by Gasteiger charge is -2.31. The van der Waals surface area contributed by atoms with Crippen molar-refractivity contribution in [1.82, 2.24) is 0 Å². The normalized spacial score (nSPS) is 11.9. The van der Waals surface area contributed by atoms with Gasteiger partial charge >= 0.3 is 5.97 Å². The Bertz CT molecular complexity index is 585. The molecule has 0 aromatic heterocycles. The summed E-state index contributed by atoms with van der Waals surface area (Å²) in [6.07, 6.45) is 0. The number of amides is 1. The largest absolute Gasteiger partial charge is 0.467 e. The first-order valence-electron chi connectivity index (χ1n) is 7.88. The molecule has 6 heteroatoms. The minimum absolute atomic E-state index is 0.127. The molecule has 0 saturated heterocycles. The van der Waals surface area contributed by atoms with Crippen LogP contribution < -0.4 is 4.90 Å². The Labute approximate surface area is 143 Å². The topological polar surface area (TPSA) is 65.1 Å². The Morgan fingerprint density at radius 1 is 1.08 bits per heavy atom. The van der Waals surface area contributed by atoms with Gasteiger partial charge in [-0.05, 0) is 44.4 Å². The fraction of sp³-hybridized carbons (Fsp3) is 0.556. The number of methoxy groups -OCH3 is 2. The monoisotopic (exact) mass is 337 g/mol. The first-order valence-corrected chi connectivity index (χ1v) is 7.88. The van der Waals surface area contributed by atoms with Crippen molar-refractivity contribution in [2.24, 2.45) is 0 Å². The Morgan fingerprint density at radius 2 is 1.71 bits per heavy atom. The molecule has 0 heterocycles.